The molecule has 58 heteroatoms. The van der Waals surface area contributed by atoms with Crippen LogP contribution in [0.5, 0.6) is 0 Å². The van der Waals surface area contributed by atoms with E-state index in [1.165, 1.54) is 0 Å². The fourth-order valence-corrected chi connectivity index (χ4v) is 16.6. The molecule has 11 fully saturated rings. The predicted octanol–water partition coefficient (Wildman–Crippen LogP) is -24.7. The maximum absolute atomic E-state index is 13.0. The average Bonchev–Trinajstić information content (AvgIpc) is 0.764. The minimum Gasteiger partial charge on any atom is -0.394 e. The molecule has 0 bridgehead atoms. The highest BCUT2D eigenvalue weighted by molar-refractivity contribution is 5.73. The maximum atomic E-state index is 13.0. The smallest absolute Gasteiger partial charge is 0.217 e. The molecule has 744 valence electrons. The van der Waals surface area contributed by atoms with Crippen LogP contribution >= 0.6 is 0 Å². The lowest BCUT2D eigenvalue weighted by Crippen LogP contribution is -2.70. The molecule has 0 aromatic rings. The Balaban J connectivity index is 0.880. The van der Waals surface area contributed by atoms with E-state index in [-0.39, 0.29) is 0 Å². The molecule has 2 amide bonds. The number of amides is 2. The molecule has 35 N–H and O–H groups in total. The van der Waals surface area contributed by atoms with Gasteiger partial charge in [-0.2, -0.15) is 0 Å². The van der Waals surface area contributed by atoms with Crippen molar-refractivity contribution in [1.82, 2.24) is 10.6 Å². The lowest BCUT2D eigenvalue weighted by Gasteiger charge is -2.51. The number of rotatable bonds is 33. The summed E-state index contributed by atoms with van der Waals surface area (Å²) in [7, 11) is 0. The van der Waals surface area contributed by atoms with Gasteiger partial charge in [-0.05, 0) is 0 Å². The molecule has 0 spiro atoms. The lowest BCUT2D eigenvalue weighted by atomic mass is 9.94. The van der Waals surface area contributed by atoms with Crippen molar-refractivity contribution < 1.29 is 278 Å². The third kappa shape index (κ3) is 22.3. The highest BCUT2D eigenvalue weighted by atomic mass is 16.8. The van der Waals surface area contributed by atoms with E-state index in [4.69, 9.17) is 99.5 Å². The summed E-state index contributed by atoms with van der Waals surface area (Å²) < 4.78 is 123. The summed E-state index contributed by atoms with van der Waals surface area (Å²) in [5.74, 6) is -1.77. The van der Waals surface area contributed by atoms with Crippen molar-refractivity contribution in [3.05, 3.63) is 0 Å². The highest BCUT2D eigenvalue weighted by Gasteiger charge is 2.63. The van der Waals surface area contributed by atoms with E-state index in [2.05, 4.69) is 10.6 Å². The quantitative estimate of drug-likeness (QED) is 0.0290. The predicted molar refractivity (Wildman–Crippen MR) is 386 cm³/mol. The van der Waals surface area contributed by atoms with Crippen LogP contribution in [0.3, 0.4) is 0 Å². The van der Waals surface area contributed by atoms with Gasteiger partial charge in [0.15, 0.2) is 69.2 Å². The third-order valence-corrected chi connectivity index (χ3v) is 23.8. The van der Waals surface area contributed by atoms with Crippen molar-refractivity contribution in [2.75, 3.05) is 72.7 Å². The number of hydrogen-bond acceptors (Lipinski definition) is 56. The standard InChI is InChI=1S/C70H118N2O56/c1-14(83)71-27-38(94)51(24(11-81)109-60(27)107)120-61-28(72-15(2)84)39(95)52(25(12-82)118-61)121-67-50(106)56(37(93)26(119-67)13-108-62-47(103)53(34(90)21(8-78)110-62)122-63-45(101)40(96)29(85)16(3-73)111-63)125-69-59(44(100)33(89)19(6-76)116-69)128-70-58(43(99)32(88)20(7-77)117-70)127-66-48(104)54(35(91)22(9-79)114-66)123-65-49(105)55(36(92)23(10-80)113-65)124-68-57(42(98)31(87)18(5-75)115-68)126-64-46(102)41(97)30(86)17(4-74)112-64/h16-70,73-82,85-107H,3-13H2,1-2H3,(H,71,83)(H,72,84)/t16-,17-,18-,19-,20-,21-,22-,23-,24-,25-,26-,27-,28-,29-,30-,31-,32-,33-,34-,35-,36-,37-,38-,39-,40+,41+,42+,43+,44+,45+,46-,47+,48+,49-,50+,51-,52-,53+,54+,55+,56+,57-,58+,59+,60?,61+,62+,63-,64-,65-,66-,67+,68-,69-,70-/m1/s1. The van der Waals surface area contributed by atoms with Gasteiger partial charge in [0.1, 0.15) is 268 Å². The molecule has 58 nitrogen and oxygen atoms in total. The first-order valence-electron chi connectivity index (χ1n) is 40.7. The van der Waals surface area contributed by atoms with Gasteiger partial charge in [-0.25, -0.2) is 0 Å². The average molecular weight is 1880 g/mol. The van der Waals surface area contributed by atoms with Crippen LogP contribution in [0.15, 0.2) is 0 Å². The Bertz CT molecular complexity index is 3390. The fourth-order valence-electron chi connectivity index (χ4n) is 16.6. The summed E-state index contributed by atoms with van der Waals surface area (Å²) in [5, 5.41) is 372. The summed E-state index contributed by atoms with van der Waals surface area (Å²) in [6.07, 6.45) is -116. The molecular weight excluding hydrogens is 1760 g/mol. The van der Waals surface area contributed by atoms with E-state index in [1.807, 2.05) is 0 Å². The van der Waals surface area contributed by atoms with Gasteiger partial charge in [0.25, 0.3) is 0 Å². The molecule has 11 aliphatic rings. The van der Waals surface area contributed by atoms with E-state index < -0.39 is 422 Å². The van der Waals surface area contributed by atoms with Crippen molar-refractivity contribution in [2.24, 2.45) is 0 Å². The van der Waals surface area contributed by atoms with Gasteiger partial charge in [-0.15, -0.1) is 0 Å². The van der Waals surface area contributed by atoms with E-state index in [1.54, 1.807) is 0 Å². The van der Waals surface area contributed by atoms with Crippen molar-refractivity contribution in [3.8, 4) is 0 Å². The normalized spacial score (nSPS) is 51.7. The minimum atomic E-state index is -2.64. The molecule has 128 heavy (non-hydrogen) atoms. The zero-order chi connectivity index (χ0) is 94.0. The summed E-state index contributed by atoms with van der Waals surface area (Å²) in [6, 6.07) is -3.63. The van der Waals surface area contributed by atoms with Crippen molar-refractivity contribution in [3.63, 3.8) is 0 Å². The zero-order valence-electron chi connectivity index (χ0n) is 67.7. The molecule has 11 heterocycles. The summed E-state index contributed by atoms with van der Waals surface area (Å²) in [5.41, 5.74) is 0. The van der Waals surface area contributed by atoms with Crippen LogP contribution in [0, 0.1) is 0 Å². The van der Waals surface area contributed by atoms with Gasteiger partial charge in [0.2, 0.25) is 11.8 Å². The number of carbonyl (C=O) groups excluding carboxylic acids is 2. The summed E-state index contributed by atoms with van der Waals surface area (Å²) in [4.78, 5) is 25.2. The SMILES string of the molecule is CC(=O)N[C@H]1[C@H](O[C@H]2[C@H](O)[C@@H](NC(C)=O)C(O)O[C@@H]2CO)O[C@H](CO)[C@@H](O[C@@H]2O[C@H](CO[C@H]3O[C@H](CO)[C@@H](O)[C@H](O[C@H]4O[C@H](CO)[C@@H](O)[C@H](O)[C@@H]4O)[C@@H]3O)[C@@H](O)[C@H](O[C@H]3O[C@H](CO)[C@@H](O)[C@H](O)[C@@H]3O[C@H]3O[C@H](CO)[C@@H](O)[C@H](O)[C@@H]3O[C@H]3O[C@H](CO)[C@@H](O)[C@H](O[C@H]4O[C@H](CO)[C@@H](O)[C@H](O[C@H]5O[C@H](CO)[C@@H](O)[C@H](O)[C@H]5O[C@H]5O[C@H](CO)[C@@H](O)[C@H](O)[C@H]5O)[C@H]4O)[C@@H]3O)[C@@H]2O)[C@@H]1O. The number of aliphatic hydroxyl groups excluding tert-OH is 33. The number of hydrogen-bond donors (Lipinski definition) is 35. The van der Waals surface area contributed by atoms with Gasteiger partial charge >= 0.3 is 0 Å². The van der Waals surface area contributed by atoms with E-state index in [0.29, 0.717) is 0 Å². The molecule has 11 saturated heterocycles. The van der Waals surface area contributed by atoms with Crippen molar-refractivity contribution in [2.45, 2.75) is 351 Å². The topological polar surface area (TPSA) is 920 Å². The van der Waals surface area contributed by atoms with Crippen LogP contribution in [-0.2, 0) is 109 Å². The summed E-state index contributed by atoms with van der Waals surface area (Å²) in [6.45, 7) is -10.7. The Hall–Kier alpha value is -3.22. The molecular formula is C70H118N2O56. The van der Waals surface area contributed by atoms with Gasteiger partial charge in [-0.1, -0.05) is 0 Å². The van der Waals surface area contributed by atoms with Gasteiger partial charge in [-0.3, -0.25) is 9.59 Å². The second-order valence-corrected chi connectivity index (χ2v) is 32.3. The molecule has 11 aliphatic heterocycles. The van der Waals surface area contributed by atoms with Crippen molar-refractivity contribution >= 4 is 11.8 Å². The number of ether oxygens (including phenoxy) is 21. The fraction of sp³-hybridized carbons (Fsp3) is 0.971. The molecule has 0 aromatic carbocycles. The van der Waals surface area contributed by atoms with E-state index in [9.17, 15) is 178 Å². The zero-order valence-corrected chi connectivity index (χ0v) is 67.7. The first-order chi connectivity index (χ1) is 60.7. The Morgan fingerprint density at radius 3 is 0.758 bits per heavy atom. The second-order valence-electron chi connectivity index (χ2n) is 32.3. The van der Waals surface area contributed by atoms with Gasteiger partial charge < -0.3 is 279 Å². The molecule has 0 saturated carbocycles. The first kappa shape index (κ1) is 105. The first-order valence-corrected chi connectivity index (χ1v) is 40.7. The Kier molecular flexibility index (Phi) is 37.7. The Morgan fingerprint density at radius 2 is 0.422 bits per heavy atom. The Labute approximate surface area is 722 Å². The lowest BCUT2D eigenvalue weighted by molar-refractivity contribution is -0.413. The number of carbonyl (C=O) groups is 2. The van der Waals surface area contributed by atoms with Crippen LogP contribution < -0.4 is 10.6 Å². The molecule has 55 atom stereocenters. The third-order valence-electron chi connectivity index (χ3n) is 23.8. The minimum absolute atomic E-state index is 0.806. The van der Waals surface area contributed by atoms with Crippen LogP contribution in [0.1, 0.15) is 13.8 Å². The van der Waals surface area contributed by atoms with Gasteiger partial charge in [0.05, 0.1) is 72.7 Å². The molecule has 1 unspecified atom stereocenters. The largest absolute Gasteiger partial charge is 0.394 e. The van der Waals surface area contributed by atoms with E-state index in [0.717, 1.165) is 13.8 Å². The molecule has 11 rings (SSSR count). The molecule has 0 aromatic heterocycles. The van der Waals surface area contributed by atoms with E-state index >= 15 is 0 Å². The Morgan fingerprint density at radius 1 is 0.203 bits per heavy atom. The molecule has 0 radical (unpaired) electrons. The van der Waals surface area contributed by atoms with Crippen LogP contribution in [0.4, 0.5) is 0 Å². The highest BCUT2D eigenvalue weighted by Crippen LogP contribution is 2.42. The summed E-state index contributed by atoms with van der Waals surface area (Å²) >= 11 is 0. The maximum Gasteiger partial charge on any atom is 0.217 e. The van der Waals surface area contributed by atoms with Crippen LogP contribution in [0.2, 0.25) is 0 Å². The van der Waals surface area contributed by atoms with Crippen molar-refractivity contribution in [1.29, 1.82) is 0 Å². The number of nitrogens with one attached hydrogen (secondary N) is 2. The number of aliphatic hydroxyl groups is 33. The van der Waals surface area contributed by atoms with Crippen LogP contribution in [0.25, 0.3) is 0 Å². The van der Waals surface area contributed by atoms with Crippen LogP contribution in [-0.4, -0.2) is 591 Å². The monoisotopic (exact) mass is 1880 g/mol. The van der Waals surface area contributed by atoms with Gasteiger partial charge in [0, 0.05) is 13.8 Å². The molecule has 0 aliphatic carbocycles. The second kappa shape index (κ2) is 45.8.